The summed E-state index contributed by atoms with van der Waals surface area (Å²) in [5.74, 6) is 1.06. The summed E-state index contributed by atoms with van der Waals surface area (Å²) in [6.45, 7) is 0. The number of para-hydroxylation sites is 1. The van der Waals surface area contributed by atoms with Crippen molar-refractivity contribution in [3.63, 3.8) is 0 Å². The van der Waals surface area contributed by atoms with Gasteiger partial charge in [0.2, 0.25) is 0 Å². The van der Waals surface area contributed by atoms with Crippen LogP contribution in [0, 0.1) is 0 Å². The molecule has 1 aliphatic heterocycles. The van der Waals surface area contributed by atoms with Gasteiger partial charge >= 0.3 is 0 Å². The van der Waals surface area contributed by atoms with Gasteiger partial charge < -0.3 is 9.32 Å². The fourth-order valence-corrected chi connectivity index (χ4v) is 3.40. The highest BCUT2D eigenvalue weighted by molar-refractivity contribution is 7.80. The fourth-order valence-electron chi connectivity index (χ4n) is 2.92. The van der Waals surface area contributed by atoms with Gasteiger partial charge in [-0.05, 0) is 48.6 Å². The maximum Gasteiger partial charge on any atom is 0.281 e. The summed E-state index contributed by atoms with van der Waals surface area (Å²) in [6, 6.07) is 20.4. The van der Waals surface area contributed by atoms with E-state index in [9.17, 15) is 4.79 Å². The maximum absolute atomic E-state index is 12.9. The number of likely N-dealkylation sites (N-methyl/N-ethyl adjacent to an activating group) is 1. The number of anilines is 1. The third kappa shape index (κ3) is 3.27. The van der Waals surface area contributed by atoms with Crippen molar-refractivity contribution in [3.8, 4) is 11.3 Å². The van der Waals surface area contributed by atoms with E-state index in [1.807, 2.05) is 66.7 Å². The summed E-state index contributed by atoms with van der Waals surface area (Å²) in [5.41, 5.74) is 2.07. The van der Waals surface area contributed by atoms with Crippen LogP contribution < -0.4 is 4.90 Å². The Bertz CT molecular complexity index is 1060. The summed E-state index contributed by atoms with van der Waals surface area (Å²) in [5, 5.41) is 1.07. The summed E-state index contributed by atoms with van der Waals surface area (Å²) in [7, 11) is 1.77. The predicted molar refractivity (Wildman–Crippen MR) is 111 cm³/mol. The van der Waals surface area contributed by atoms with Gasteiger partial charge in [0.05, 0.1) is 5.69 Å². The van der Waals surface area contributed by atoms with Crippen LogP contribution in [0.25, 0.3) is 17.4 Å². The number of thiocarbonyl (C=S) groups is 1. The van der Waals surface area contributed by atoms with E-state index < -0.39 is 0 Å². The number of halogens is 1. The first-order valence-corrected chi connectivity index (χ1v) is 9.08. The van der Waals surface area contributed by atoms with Crippen LogP contribution in [0.1, 0.15) is 5.76 Å². The quantitative estimate of drug-likeness (QED) is 0.451. The molecule has 1 amide bonds. The first kappa shape index (κ1) is 17.5. The van der Waals surface area contributed by atoms with E-state index in [0.717, 1.165) is 11.3 Å². The second-order valence-electron chi connectivity index (χ2n) is 6.06. The Labute approximate surface area is 167 Å². The monoisotopic (exact) mass is 394 g/mol. The first-order valence-electron chi connectivity index (χ1n) is 8.29. The fraction of sp³-hybridized carbons (Fsp3) is 0.0476. The molecule has 2 aromatic carbocycles. The molecule has 0 unspecified atom stereocenters. The Morgan fingerprint density at radius 1 is 1.04 bits per heavy atom. The van der Waals surface area contributed by atoms with Gasteiger partial charge in [-0.2, -0.15) is 0 Å². The minimum Gasteiger partial charge on any atom is -0.457 e. The minimum absolute atomic E-state index is 0.186. The minimum atomic E-state index is -0.186. The van der Waals surface area contributed by atoms with E-state index in [1.165, 1.54) is 4.90 Å². The van der Waals surface area contributed by atoms with Gasteiger partial charge in [-0.25, -0.2) is 0 Å². The molecule has 0 aliphatic carbocycles. The van der Waals surface area contributed by atoms with Crippen LogP contribution >= 0.6 is 23.8 Å². The van der Waals surface area contributed by atoms with Gasteiger partial charge in [0.1, 0.15) is 17.2 Å². The van der Waals surface area contributed by atoms with Gasteiger partial charge in [0, 0.05) is 23.7 Å². The molecule has 0 bridgehead atoms. The van der Waals surface area contributed by atoms with Crippen LogP contribution in [0.5, 0.6) is 0 Å². The molecule has 4 nitrogen and oxygen atoms in total. The van der Waals surface area contributed by atoms with E-state index in [1.54, 1.807) is 18.0 Å². The molecule has 0 N–H and O–H groups in total. The van der Waals surface area contributed by atoms with Crippen LogP contribution in [-0.4, -0.2) is 23.0 Å². The normalized spacial score (nSPS) is 15.9. The molecule has 1 aromatic heterocycles. The van der Waals surface area contributed by atoms with E-state index >= 15 is 0 Å². The molecular weight excluding hydrogens is 380 g/mol. The topological polar surface area (TPSA) is 36.7 Å². The summed E-state index contributed by atoms with van der Waals surface area (Å²) in [4.78, 5) is 16.1. The van der Waals surface area contributed by atoms with Crippen molar-refractivity contribution in [2.75, 3.05) is 11.9 Å². The van der Waals surface area contributed by atoms with Crippen molar-refractivity contribution in [3.05, 3.63) is 83.2 Å². The molecule has 4 rings (SSSR count). The van der Waals surface area contributed by atoms with E-state index in [0.29, 0.717) is 27.4 Å². The van der Waals surface area contributed by atoms with Crippen LogP contribution in [0.2, 0.25) is 5.02 Å². The average Bonchev–Trinajstić information content (AvgIpc) is 3.22. The largest absolute Gasteiger partial charge is 0.457 e. The van der Waals surface area contributed by atoms with Crippen LogP contribution in [0.15, 0.2) is 76.8 Å². The number of furan rings is 1. The molecular formula is C21H15ClN2O2S. The summed E-state index contributed by atoms with van der Waals surface area (Å²) in [6.07, 6.45) is 1.70. The highest BCUT2D eigenvalue weighted by Gasteiger charge is 2.36. The van der Waals surface area contributed by atoms with Crippen LogP contribution in [0.3, 0.4) is 0 Å². The molecule has 2 heterocycles. The second-order valence-corrected chi connectivity index (χ2v) is 6.86. The molecule has 0 atom stereocenters. The van der Waals surface area contributed by atoms with Crippen molar-refractivity contribution in [1.29, 1.82) is 0 Å². The zero-order valence-corrected chi connectivity index (χ0v) is 16.0. The molecule has 0 saturated carbocycles. The molecule has 6 heteroatoms. The SMILES string of the molecule is CN1C(=S)N(c2ccccc2)C(=O)/C1=C/c1ccc(-c2cccc(Cl)c2)o1. The van der Waals surface area contributed by atoms with E-state index in [4.69, 9.17) is 28.2 Å². The van der Waals surface area contributed by atoms with Crippen LogP contribution in [-0.2, 0) is 4.79 Å². The summed E-state index contributed by atoms with van der Waals surface area (Å²) < 4.78 is 5.88. The van der Waals surface area contributed by atoms with Gasteiger partial charge in [0.15, 0.2) is 5.11 Å². The molecule has 134 valence electrons. The summed E-state index contributed by atoms with van der Waals surface area (Å²) >= 11 is 11.5. The van der Waals surface area contributed by atoms with Crippen molar-refractivity contribution in [2.45, 2.75) is 0 Å². The van der Waals surface area contributed by atoms with Gasteiger partial charge in [-0.15, -0.1) is 0 Å². The van der Waals surface area contributed by atoms with Crippen molar-refractivity contribution >= 4 is 46.6 Å². The lowest BCUT2D eigenvalue weighted by Crippen LogP contribution is -2.30. The Morgan fingerprint density at radius 3 is 2.56 bits per heavy atom. The molecule has 1 aliphatic rings. The molecule has 1 fully saturated rings. The Hall–Kier alpha value is -2.89. The van der Waals surface area contributed by atoms with Gasteiger partial charge in [-0.1, -0.05) is 41.9 Å². The smallest absolute Gasteiger partial charge is 0.281 e. The lowest BCUT2D eigenvalue weighted by molar-refractivity contribution is -0.114. The zero-order valence-electron chi connectivity index (χ0n) is 14.4. The molecule has 1 saturated heterocycles. The third-order valence-electron chi connectivity index (χ3n) is 4.29. The number of rotatable bonds is 3. The lowest BCUT2D eigenvalue weighted by atomic mass is 10.2. The number of carbonyl (C=O) groups excluding carboxylic acids is 1. The van der Waals surface area contributed by atoms with Gasteiger partial charge in [0.25, 0.3) is 5.91 Å². The van der Waals surface area contributed by atoms with Crippen molar-refractivity contribution in [1.82, 2.24) is 4.90 Å². The third-order valence-corrected chi connectivity index (χ3v) is 4.98. The Kier molecular flexibility index (Phi) is 4.56. The van der Waals surface area contributed by atoms with E-state index in [-0.39, 0.29) is 5.91 Å². The second kappa shape index (κ2) is 7.02. The highest BCUT2D eigenvalue weighted by atomic mass is 35.5. The average molecular weight is 395 g/mol. The number of hydrogen-bond donors (Lipinski definition) is 0. The maximum atomic E-state index is 12.9. The first-order chi connectivity index (χ1) is 13.0. The number of nitrogens with zero attached hydrogens (tertiary/aromatic N) is 2. The van der Waals surface area contributed by atoms with Crippen molar-refractivity contribution < 1.29 is 9.21 Å². The van der Waals surface area contributed by atoms with Gasteiger partial charge in [-0.3, -0.25) is 9.69 Å². The van der Waals surface area contributed by atoms with E-state index in [2.05, 4.69) is 0 Å². The zero-order chi connectivity index (χ0) is 19.0. The Morgan fingerprint density at radius 2 is 1.81 bits per heavy atom. The molecule has 27 heavy (non-hydrogen) atoms. The lowest BCUT2D eigenvalue weighted by Gasteiger charge is -2.16. The number of hydrogen-bond acceptors (Lipinski definition) is 3. The molecule has 0 radical (unpaired) electrons. The van der Waals surface area contributed by atoms with Crippen LogP contribution in [0.4, 0.5) is 5.69 Å². The van der Waals surface area contributed by atoms with Crippen molar-refractivity contribution in [2.24, 2.45) is 0 Å². The molecule has 0 spiro atoms. The predicted octanol–water partition coefficient (Wildman–Crippen LogP) is 5.20. The number of benzene rings is 2. The number of carbonyl (C=O) groups is 1. The number of amides is 1. The Balaban J connectivity index is 1.66. The molecule has 3 aromatic rings. The standard InChI is InChI=1S/C21H15ClN2O2S/c1-23-18(20(25)24(21(23)27)16-8-3-2-4-9-16)13-17-10-11-19(26-17)14-6-5-7-15(22)12-14/h2-13H,1H3/b18-13-. The highest BCUT2D eigenvalue weighted by Crippen LogP contribution is 2.30.